The first-order valence-corrected chi connectivity index (χ1v) is 11.5. The quantitative estimate of drug-likeness (QED) is 0.656. The lowest BCUT2D eigenvalue weighted by molar-refractivity contribution is -0.149. The molecular weight excluding hydrogens is 388 g/mol. The van der Waals surface area contributed by atoms with Crippen LogP contribution in [0.4, 0.5) is 0 Å². The molecule has 0 unspecified atom stereocenters. The normalized spacial score (nSPS) is 30.7. The highest BCUT2D eigenvalue weighted by Gasteiger charge is 2.54. The Balaban J connectivity index is 1.39. The number of carbonyl (C=O) groups excluding carboxylic acids is 2. The van der Waals surface area contributed by atoms with Gasteiger partial charge in [-0.05, 0) is 67.3 Å². The van der Waals surface area contributed by atoms with Gasteiger partial charge in [-0.3, -0.25) is 25.2 Å². The van der Waals surface area contributed by atoms with Crippen molar-refractivity contribution in [1.82, 2.24) is 10.9 Å². The molecule has 3 N–H and O–H groups in total. The molecule has 6 nitrogen and oxygen atoms in total. The van der Waals surface area contributed by atoms with Crippen molar-refractivity contribution in [3.63, 3.8) is 0 Å². The van der Waals surface area contributed by atoms with Crippen molar-refractivity contribution in [3.05, 3.63) is 21.4 Å². The zero-order chi connectivity index (χ0) is 20.9. The van der Waals surface area contributed by atoms with E-state index in [4.69, 9.17) is 0 Å². The van der Waals surface area contributed by atoms with Gasteiger partial charge in [0.15, 0.2) is 0 Å². The van der Waals surface area contributed by atoms with E-state index in [0.717, 1.165) is 44.1 Å². The van der Waals surface area contributed by atoms with Gasteiger partial charge in [0.25, 0.3) is 5.91 Å². The average molecular weight is 419 g/mol. The summed E-state index contributed by atoms with van der Waals surface area (Å²) in [6.45, 7) is 6.79. The van der Waals surface area contributed by atoms with Gasteiger partial charge in [0, 0.05) is 10.3 Å². The average Bonchev–Trinajstić information content (AvgIpc) is 3.37. The van der Waals surface area contributed by atoms with Crippen LogP contribution >= 0.6 is 11.3 Å². The zero-order valence-corrected chi connectivity index (χ0v) is 18.1. The molecule has 0 aliphatic heterocycles. The second kappa shape index (κ2) is 7.42. The van der Waals surface area contributed by atoms with Crippen molar-refractivity contribution in [3.8, 4) is 0 Å². The number of hydrazine groups is 1. The number of carbonyl (C=O) groups is 3. The monoisotopic (exact) mass is 418 g/mol. The Labute approximate surface area is 175 Å². The highest BCUT2D eigenvalue weighted by atomic mass is 32.1. The Morgan fingerprint density at radius 3 is 2.41 bits per heavy atom. The smallest absolute Gasteiger partial charge is 0.307 e. The van der Waals surface area contributed by atoms with E-state index in [2.05, 4.69) is 31.6 Å². The minimum absolute atomic E-state index is 0.0867. The second-order valence-electron chi connectivity index (χ2n) is 10.0. The largest absolute Gasteiger partial charge is 0.481 e. The SMILES string of the molecule is CC(C)(C)[C@@H]1CCc2c(C(=O)NNC(=O)[C@@H]3[C@H]4CC[C@@H](C4)[C@@H]3C(=O)O)csc2C1. The van der Waals surface area contributed by atoms with Crippen LogP contribution < -0.4 is 10.9 Å². The van der Waals surface area contributed by atoms with Crippen LogP contribution in [0.25, 0.3) is 0 Å². The fraction of sp³-hybridized carbons (Fsp3) is 0.682. The number of amides is 2. The zero-order valence-electron chi connectivity index (χ0n) is 17.3. The van der Waals surface area contributed by atoms with Gasteiger partial charge in [-0.15, -0.1) is 11.3 Å². The molecule has 0 saturated heterocycles. The number of thiophene rings is 1. The van der Waals surface area contributed by atoms with Crippen LogP contribution in [0, 0.1) is 35.0 Å². The Hall–Kier alpha value is -1.89. The van der Waals surface area contributed by atoms with Crippen molar-refractivity contribution in [2.45, 2.75) is 59.3 Å². The summed E-state index contributed by atoms with van der Waals surface area (Å²) in [6, 6.07) is 0. The van der Waals surface area contributed by atoms with Crippen LogP contribution in [-0.4, -0.2) is 22.9 Å². The number of carboxylic acids is 1. The van der Waals surface area contributed by atoms with Gasteiger partial charge in [0.05, 0.1) is 17.4 Å². The molecule has 5 atom stereocenters. The topological polar surface area (TPSA) is 95.5 Å². The van der Waals surface area contributed by atoms with Crippen LogP contribution in [0.1, 0.15) is 67.3 Å². The first kappa shape index (κ1) is 20.4. The van der Waals surface area contributed by atoms with Gasteiger partial charge in [0.1, 0.15) is 0 Å². The maximum absolute atomic E-state index is 12.7. The fourth-order valence-corrected chi connectivity index (χ4v) is 6.90. The number of hydrogen-bond acceptors (Lipinski definition) is 4. The van der Waals surface area contributed by atoms with Crippen molar-refractivity contribution < 1.29 is 19.5 Å². The summed E-state index contributed by atoms with van der Waals surface area (Å²) >= 11 is 1.62. The molecule has 7 heteroatoms. The van der Waals surface area contributed by atoms with Crippen LogP contribution in [0.5, 0.6) is 0 Å². The summed E-state index contributed by atoms with van der Waals surface area (Å²) in [6.07, 6.45) is 5.52. The highest BCUT2D eigenvalue weighted by Crippen LogP contribution is 2.52. The van der Waals surface area contributed by atoms with Gasteiger partial charge in [-0.1, -0.05) is 20.8 Å². The lowest BCUT2D eigenvalue weighted by atomic mass is 9.72. The predicted octanol–water partition coefficient (Wildman–Crippen LogP) is 3.41. The molecule has 1 heterocycles. The molecule has 29 heavy (non-hydrogen) atoms. The number of fused-ring (bicyclic) bond motifs is 3. The Bertz CT molecular complexity index is 840. The fourth-order valence-electron chi connectivity index (χ4n) is 5.74. The molecule has 3 aliphatic rings. The van der Waals surface area contributed by atoms with Crippen LogP contribution in [-0.2, 0) is 22.4 Å². The third-order valence-electron chi connectivity index (χ3n) is 7.43. The molecule has 4 rings (SSSR count). The molecule has 0 aromatic carbocycles. The summed E-state index contributed by atoms with van der Waals surface area (Å²) in [5.74, 6) is -1.94. The maximum atomic E-state index is 12.7. The molecule has 3 aliphatic carbocycles. The molecule has 2 saturated carbocycles. The van der Waals surface area contributed by atoms with E-state index in [1.165, 1.54) is 4.88 Å². The summed E-state index contributed by atoms with van der Waals surface area (Å²) < 4.78 is 0. The molecule has 1 aromatic heterocycles. The first-order chi connectivity index (χ1) is 13.7. The third kappa shape index (κ3) is 3.69. The van der Waals surface area contributed by atoms with E-state index < -0.39 is 17.8 Å². The van der Waals surface area contributed by atoms with Gasteiger partial charge in [-0.2, -0.15) is 0 Å². The van der Waals surface area contributed by atoms with Crippen molar-refractivity contribution >= 4 is 29.1 Å². The maximum Gasteiger partial charge on any atom is 0.307 e. The van der Waals surface area contributed by atoms with Gasteiger partial charge in [-0.25, -0.2) is 0 Å². The predicted molar refractivity (Wildman–Crippen MR) is 110 cm³/mol. The van der Waals surface area contributed by atoms with E-state index in [-0.39, 0.29) is 29.1 Å². The van der Waals surface area contributed by atoms with Crippen LogP contribution in [0.2, 0.25) is 0 Å². The Morgan fingerprint density at radius 2 is 1.76 bits per heavy atom. The summed E-state index contributed by atoms with van der Waals surface area (Å²) in [5.41, 5.74) is 7.06. The lowest BCUT2D eigenvalue weighted by Crippen LogP contribution is -2.48. The molecule has 1 aromatic rings. The minimum atomic E-state index is -0.899. The summed E-state index contributed by atoms with van der Waals surface area (Å²) in [5, 5.41) is 11.4. The number of nitrogens with one attached hydrogen (secondary N) is 2. The number of aliphatic carboxylic acids is 1. The minimum Gasteiger partial charge on any atom is -0.481 e. The standard InChI is InChI=1S/C22H30N2O4S/c1-22(2,3)13-6-7-14-15(10-29-16(14)9-13)19(25)23-24-20(26)17-11-4-5-12(8-11)18(17)21(27)28/h10-13,17-18H,4-9H2,1-3H3,(H,23,25)(H,24,26)(H,27,28)/t11-,12-,13+,17+,18-/m0/s1. The molecule has 0 radical (unpaired) electrons. The molecule has 158 valence electrons. The van der Waals surface area contributed by atoms with Crippen molar-refractivity contribution in [1.29, 1.82) is 0 Å². The van der Waals surface area contributed by atoms with E-state index in [0.29, 0.717) is 11.5 Å². The summed E-state index contributed by atoms with van der Waals surface area (Å²) in [7, 11) is 0. The second-order valence-corrected chi connectivity index (χ2v) is 11.0. The lowest BCUT2D eigenvalue weighted by Gasteiger charge is -2.34. The highest BCUT2D eigenvalue weighted by molar-refractivity contribution is 7.10. The molecule has 2 fully saturated rings. The molecule has 0 spiro atoms. The third-order valence-corrected chi connectivity index (χ3v) is 8.48. The molecule has 2 bridgehead atoms. The van der Waals surface area contributed by atoms with Gasteiger partial charge >= 0.3 is 5.97 Å². The van der Waals surface area contributed by atoms with Gasteiger partial charge < -0.3 is 5.11 Å². The van der Waals surface area contributed by atoms with Crippen LogP contribution in [0.3, 0.4) is 0 Å². The van der Waals surface area contributed by atoms with E-state index in [9.17, 15) is 19.5 Å². The Morgan fingerprint density at radius 1 is 1.07 bits per heavy atom. The number of carboxylic acid groups (broad SMARTS) is 1. The number of hydrogen-bond donors (Lipinski definition) is 3. The van der Waals surface area contributed by atoms with Crippen molar-refractivity contribution in [2.24, 2.45) is 35.0 Å². The molecular formula is C22H30N2O4S. The Kier molecular flexibility index (Phi) is 5.21. The van der Waals surface area contributed by atoms with E-state index >= 15 is 0 Å². The van der Waals surface area contributed by atoms with E-state index in [1.807, 2.05) is 5.38 Å². The van der Waals surface area contributed by atoms with Crippen LogP contribution in [0.15, 0.2) is 5.38 Å². The molecule has 2 amide bonds. The number of rotatable bonds is 3. The van der Waals surface area contributed by atoms with Gasteiger partial charge in [0.2, 0.25) is 5.91 Å². The van der Waals surface area contributed by atoms with Crippen molar-refractivity contribution in [2.75, 3.05) is 0 Å². The summed E-state index contributed by atoms with van der Waals surface area (Å²) in [4.78, 5) is 38.3. The first-order valence-electron chi connectivity index (χ1n) is 10.6. The van der Waals surface area contributed by atoms with E-state index in [1.54, 1.807) is 11.3 Å².